The smallest absolute Gasteiger partial charge is 0.328 e. The number of benzene rings is 1. The van der Waals surface area contributed by atoms with Gasteiger partial charge >= 0.3 is 12.0 Å². The van der Waals surface area contributed by atoms with Gasteiger partial charge in [-0.1, -0.05) is 6.07 Å². The Labute approximate surface area is 123 Å². The number of hydrogen-bond donors (Lipinski definition) is 1. The normalized spacial score (nSPS) is 17.1. The Morgan fingerprint density at radius 1 is 1.52 bits per heavy atom. The van der Waals surface area contributed by atoms with E-state index in [2.05, 4.69) is 5.32 Å². The predicted molar refractivity (Wildman–Crippen MR) is 76.5 cm³/mol. The molecule has 1 unspecified atom stereocenters. The molecule has 0 bridgehead atoms. The van der Waals surface area contributed by atoms with Crippen LogP contribution in [0.15, 0.2) is 24.3 Å². The van der Waals surface area contributed by atoms with Gasteiger partial charge in [-0.05, 0) is 38.0 Å². The van der Waals surface area contributed by atoms with Gasteiger partial charge in [-0.2, -0.15) is 5.26 Å². The molecule has 110 valence electrons. The number of rotatable bonds is 3. The number of ether oxygens (including phenoxy) is 1. The fourth-order valence-electron chi connectivity index (χ4n) is 2.36. The van der Waals surface area contributed by atoms with Gasteiger partial charge in [0.1, 0.15) is 6.04 Å². The molecule has 1 N–H and O–H groups in total. The quantitative estimate of drug-likeness (QED) is 0.863. The number of urea groups is 1. The Hall–Kier alpha value is -2.55. The zero-order chi connectivity index (χ0) is 15.2. The van der Waals surface area contributed by atoms with Crippen molar-refractivity contribution in [2.45, 2.75) is 25.8 Å². The molecule has 1 fully saturated rings. The Kier molecular flexibility index (Phi) is 4.77. The number of carbonyl (C=O) groups is 2. The van der Waals surface area contributed by atoms with E-state index in [1.807, 2.05) is 6.07 Å². The minimum absolute atomic E-state index is 0.301. The summed E-state index contributed by atoms with van der Waals surface area (Å²) in [6.07, 6.45) is 1.39. The number of anilines is 1. The number of esters is 1. The van der Waals surface area contributed by atoms with E-state index >= 15 is 0 Å². The number of carbonyl (C=O) groups excluding carboxylic acids is 2. The van der Waals surface area contributed by atoms with Crippen molar-refractivity contribution in [2.75, 3.05) is 18.5 Å². The number of nitrogens with one attached hydrogen (secondary N) is 1. The molecule has 0 saturated carbocycles. The van der Waals surface area contributed by atoms with E-state index in [-0.39, 0.29) is 12.0 Å². The molecule has 1 aliphatic heterocycles. The molecule has 0 spiro atoms. The van der Waals surface area contributed by atoms with E-state index in [0.717, 1.165) is 6.42 Å². The average molecular weight is 287 g/mol. The third-order valence-electron chi connectivity index (χ3n) is 3.32. The highest BCUT2D eigenvalue weighted by atomic mass is 16.5. The van der Waals surface area contributed by atoms with Crippen molar-refractivity contribution in [3.8, 4) is 6.07 Å². The lowest BCUT2D eigenvalue weighted by Crippen LogP contribution is -2.43. The molecule has 0 aromatic heterocycles. The van der Waals surface area contributed by atoms with Crippen LogP contribution in [0.4, 0.5) is 10.5 Å². The summed E-state index contributed by atoms with van der Waals surface area (Å²) < 4.78 is 4.99. The summed E-state index contributed by atoms with van der Waals surface area (Å²) in [6.45, 7) is 2.56. The Morgan fingerprint density at radius 3 is 3.05 bits per heavy atom. The number of hydrogen-bond acceptors (Lipinski definition) is 4. The molecule has 6 nitrogen and oxygen atoms in total. The van der Waals surface area contributed by atoms with Crippen LogP contribution in [0.3, 0.4) is 0 Å². The number of nitrogens with zero attached hydrogens (tertiary/aromatic N) is 2. The molecule has 2 rings (SSSR count). The molecule has 1 aromatic carbocycles. The first-order chi connectivity index (χ1) is 10.2. The van der Waals surface area contributed by atoms with E-state index in [0.29, 0.717) is 30.8 Å². The number of nitriles is 1. The van der Waals surface area contributed by atoms with Crippen molar-refractivity contribution in [1.82, 2.24) is 4.90 Å². The minimum Gasteiger partial charge on any atom is -0.464 e. The third kappa shape index (κ3) is 3.51. The van der Waals surface area contributed by atoms with Crippen molar-refractivity contribution in [3.63, 3.8) is 0 Å². The summed E-state index contributed by atoms with van der Waals surface area (Å²) in [4.78, 5) is 25.6. The van der Waals surface area contributed by atoms with Crippen molar-refractivity contribution < 1.29 is 14.3 Å². The van der Waals surface area contributed by atoms with Crippen LogP contribution in [0.1, 0.15) is 25.3 Å². The first-order valence-electron chi connectivity index (χ1n) is 6.90. The molecule has 21 heavy (non-hydrogen) atoms. The largest absolute Gasteiger partial charge is 0.464 e. The van der Waals surface area contributed by atoms with E-state index in [9.17, 15) is 9.59 Å². The van der Waals surface area contributed by atoms with Crippen LogP contribution < -0.4 is 5.32 Å². The Bertz CT molecular complexity index is 580. The lowest BCUT2D eigenvalue weighted by atomic mass is 10.2. The lowest BCUT2D eigenvalue weighted by Gasteiger charge is -2.23. The molecular formula is C15H17N3O3. The van der Waals surface area contributed by atoms with Crippen LogP contribution in [0, 0.1) is 11.3 Å². The van der Waals surface area contributed by atoms with Crippen LogP contribution in [0.2, 0.25) is 0 Å². The zero-order valence-electron chi connectivity index (χ0n) is 11.8. The fourth-order valence-corrected chi connectivity index (χ4v) is 2.36. The zero-order valence-corrected chi connectivity index (χ0v) is 11.8. The second-order valence-electron chi connectivity index (χ2n) is 4.73. The molecule has 1 saturated heterocycles. The standard InChI is InChI=1S/C15H17N3O3/c1-2-21-14(19)13-7-4-8-18(13)15(20)17-12-6-3-5-11(9-12)10-16/h3,5-6,9,13H,2,4,7-8H2,1H3,(H,17,20). The highest BCUT2D eigenvalue weighted by Crippen LogP contribution is 2.20. The fraction of sp³-hybridized carbons (Fsp3) is 0.400. The van der Waals surface area contributed by atoms with E-state index < -0.39 is 6.04 Å². The Morgan fingerprint density at radius 2 is 2.33 bits per heavy atom. The van der Waals surface area contributed by atoms with E-state index in [1.165, 1.54) is 4.90 Å². The second-order valence-corrected chi connectivity index (χ2v) is 4.73. The van der Waals surface area contributed by atoms with Crippen LogP contribution in [0.25, 0.3) is 0 Å². The molecule has 6 heteroatoms. The van der Waals surface area contributed by atoms with Gasteiger partial charge in [-0.15, -0.1) is 0 Å². The molecule has 1 aromatic rings. The van der Waals surface area contributed by atoms with Gasteiger partial charge in [-0.25, -0.2) is 9.59 Å². The minimum atomic E-state index is -0.524. The lowest BCUT2D eigenvalue weighted by molar-refractivity contribution is -0.147. The van der Waals surface area contributed by atoms with Crippen LogP contribution >= 0.6 is 0 Å². The molecule has 1 atom stereocenters. The average Bonchev–Trinajstić information content (AvgIpc) is 2.97. The monoisotopic (exact) mass is 287 g/mol. The molecule has 0 aliphatic carbocycles. The predicted octanol–water partition coefficient (Wildman–Crippen LogP) is 2.12. The maximum atomic E-state index is 12.3. The SMILES string of the molecule is CCOC(=O)C1CCCN1C(=O)Nc1cccc(C#N)c1. The molecular weight excluding hydrogens is 270 g/mol. The van der Waals surface area contributed by atoms with Crippen molar-refractivity contribution in [2.24, 2.45) is 0 Å². The van der Waals surface area contributed by atoms with Gasteiger partial charge in [0.2, 0.25) is 0 Å². The highest BCUT2D eigenvalue weighted by molar-refractivity contribution is 5.93. The summed E-state index contributed by atoms with van der Waals surface area (Å²) in [5.74, 6) is -0.365. The van der Waals surface area contributed by atoms with Gasteiger partial charge in [0, 0.05) is 12.2 Å². The topological polar surface area (TPSA) is 82.4 Å². The summed E-state index contributed by atoms with van der Waals surface area (Å²) >= 11 is 0. The van der Waals surface area contributed by atoms with Crippen LogP contribution in [-0.4, -0.2) is 36.1 Å². The number of amides is 2. The van der Waals surface area contributed by atoms with Crippen LogP contribution in [0.5, 0.6) is 0 Å². The molecule has 1 heterocycles. The summed E-state index contributed by atoms with van der Waals surface area (Å²) in [7, 11) is 0. The maximum Gasteiger partial charge on any atom is 0.328 e. The van der Waals surface area contributed by atoms with Crippen molar-refractivity contribution >= 4 is 17.7 Å². The number of likely N-dealkylation sites (tertiary alicyclic amines) is 1. The van der Waals surface area contributed by atoms with E-state index in [4.69, 9.17) is 10.00 Å². The molecule has 1 aliphatic rings. The van der Waals surface area contributed by atoms with Crippen molar-refractivity contribution in [1.29, 1.82) is 5.26 Å². The van der Waals surface area contributed by atoms with Gasteiger partial charge in [0.15, 0.2) is 0 Å². The highest BCUT2D eigenvalue weighted by Gasteiger charge is 2.35. The first-order valence-corrected chi connectivity index (χ1v) is 6.90. The van der Waals surface area contributed by atoms with Crippen molar-refractivity contribution in [3.05, 3.63) is 29.8 Å². The first kappa shape index (κ1) is 14.9. The van der Waals surface area contributed by atoms with Gasteiger partial charge < -0.3 is 15.0 Å². The molecule has 0 radical (unpaired) electrons. The van der Waals surface area contributed by atoms with E-state index in [1.54, 1.807) is 31.2 Å². The van der Waals surface area contributed by atoms with Crippen LogP contribution in [-0.2, 0) is 9.53 Å². The second kappa shape index (κ2) is 6.75. The van der Waals surface area contributed by atoms with Gasteiger partial charge in [0.25, 0.3) is 0 Å². The van der Waals surface area contributed by atoms with Gasteiger partial charge in [-0.3, -0.25) is 0 Å². The third-order valence-corrected chi connectivity index (χ3v) is 3.32. The van der Waals surface area contributed by atoms with Gasteiger partial charge in [0.05, 0.1) is 18.2 Å². The maximum absolute atomic E-state index is 12.3. The summed E-state index contributed by atoms with van der Waals surface area (Å²) in [5.41, 5.74) is 1.00. The summed E-state index contributed by atoms with van der Waals surface area (Å²) in [6, 6.07) is 7.79. The Balaban J connectivity index is 2.05. The molecule has 2 amide bonds. The summed E-state index contributed by atoms with van der Waals surface area (Å²) in [5, 5.41) is 11.6.